The van der Waals surface area contributed by atoms with Gasteiger partial charge in [0.25, 0.3) is 0 Å². The van der Waals surface area contributed by atoms with E-state index >= 15 is 0 Å². The first-order chi connectivity index (χ1) is 7.78. The molecule has 1 aromatic carbocycles. The topological polar surface area (TPSA) is 29.3 Å². The van der Waals surface area contributed by atoms with Gasteiger partial charge in [-0.15, -0.1) is 0 Å². The van der Waals surface area contributed by atoms with Gasteiger partial charge in [0.2, 0.25) is 0 Å². The third-order valence-electron chi connectivity index (χ3n) is 3.43. The van der Waals surface area contributed by atoms with Crippen molar-refractivity contribution in [2.24, 2.45) is 11.7 Å². The second kappa shape index (κ2) is 5.46. The van der Waals surface area contributed by atoms with Crippen LogP contribution in [0.25, 0.3) is 0 Å². The lowest BCUT2D eigenvalue weighted by Gasteiger charge is -2.32. The quantitative estimate of drug-likeness (QED) is 0.842. The van der Waals surface area contributed by atoms with Crippen LogP contribution in [-0.2, 0) is 6.54 Å². The van der Waals surface area contributed by atoms with E-state index in [1.165, 1.54) is 37.1 Å². The molecule has 0 bridgehead atoms. The average molecular weight is 218 g/mol. The summed E-state index contributed by atoms with van der Waals surface area (Å²) in [5.74, 6) is 0.707. The molecular formula is C14H22N2. The van der Waals surface area contributed by atoms with Crippen molar-refractivity contribution in [1.82, 2.24) is 4.90 Å². The Bertz CT molecular complexity index is 335. The van der Waals surface area contributed by atoms with E-state index in [1.807, 2.05) is 0 Å². The van der Waals surface area contributed by atoms with Crippen LogP contribution in [0.1, 0.15) is 24.0 Å². The molecule has 0 aromatic heterocycles. The smallest absolute Gasteiger partial charge is 0.0233 e. The number of nitrogens with zero attached hydrogens (tertiary/aromatic N) is 1. The number of rotatable bonds is 3. The Kier molecular flexibility index (Phi) is 3.97. The number of nitrogens with two attached hydrogens (primary N) is 1. The van der Waals surface area contributed by atoms with Crippen LogP contribution in [0.3, 0.4) is 0 Å². The van der Waals surface area contributed by atoms with Crippen LogP contribution in [0.5, 0.6) is 0 Å². The predicted molar refractivity (Wildman–Crippen MR) is 68.2 cm³/mol. The van der Waals surface area contributed by atoms with Crippen LogP contribution in [-0.4, -0.2) is 24.5 Å². The fourth-order valence-electron chi connectivity index (χ4n) is 2.56. The number of hydrogen-bond donors (Lipinski definition) is 1. The molecule has 0 spiro atoms. The number of likely N-dealkylation sites (tertiary alicyclic amines) is 1. The van der Waals surface area contributed by atoms with Crippen molar-refractivity contribution in [2.75, 3.05) is 19.6 Å². The summed E-state index contributed by atoms with van der Waals surface area (Å²) in [5.41, 5.74) is 8.54. The van der Waals surface area contributed by atoms with Crippen LogP contribution >= 0.6 is 0 Å². The molecule has 0 saturated carbocycles. The molecule has 1 aromatic rings. The van der Waals surface area contributed by atoms with Crippen LogP contribution in [0.4, 0.5) is 0 Å². The van der Waals surface area contributed by atoms with E-state index in [0.29, 0.717) is 5.92 Å². The Morgan fingerprint density at radius 3 is 3.06 bits per heavy atom. The molecule has 1 atom stereocenters. The number of piperidine rings is 1. The Balaban J connectivity index is 1.94. The molecule has 1 saturated heterocycles. The molecule has 2 N–H and O–H groups in total. The van der Waals surface area contributed by atoms with Gasteiger partial charge < -0.3 is 5.73 Å². The fraction of sp³-hybridized carbons (Fsp3) is 0.571. The maximum absolute atomic E-state index is 5.76. The van der Waals surface area contributed by atoms with Crippen molar-refractivity contribution in [3.63, 3.8) is 0 Å². The zero-order valence-corrected chi connectivity index (χ0v) is 10.2. The molecule has 0 amide bonds. The van der Waals surface area contributed by atoms with Gasteiger partial charge >= 0.3 is 0 Å². The summed E-state index contributed by atoms with van der Waals surface area (Å²) in [4.78, 5) is 2.54. The van der Waals surface area contributed by atoms with E-state index in [0.717, 1.165) is 13.1 Å². The van der Waals surface area contributed by atoms with Gasteiger partial charge in [0.15, 0.2) is 0 Å². The Morgan fingerprint density at radius 2 is 2.31 bits per heavy atom. The molecule has 2 heteroatoms. The van der Waals surface area contributed by atoms with E-state index in [9.17, 15) is 0 Å². The maximum Gasteiger partial charge on any atom is 0.0233 e. The van der Waals surface area contributed by atoms with Gasteiger partial charge in [-0.2, -0.15) is 0 Å². The lowest BCUT2D eigenvalue weighted by molar-refractivity contribution is 0.171. The molecule has 2 rings (SSSR count). The van der Waals surface area contributed by atoms with Crippen molar-refractivity contribution in [1.29, 1.82) is 0 Å². The molecule has 0 radical (unpaired) electrons. The van der Waals surface area contributed by atoms with Crippen molar-refractivity contribution in [3.05, 3.63) is 35.4 Å². The van der Waals surface area contributed by atoms with Gasteiger partial charge in [-0.05, 0) is 44.3 Å². The summed E-state index contributed by atoms with van der Waals surface area (Å²) in [5, 5.41) is 0. The zero-order chi connectivity index (χ0) is 11.4. The molecule has 88 valence electrons. The summed E-state index contributed by atoms with van der Waals surface area (Å²) >= 11 is 0. The number of aryl methyl sites for hydroxylation is 1. The van der Waals surface area contributed by atoms with E-state index in [4.69, 9.17) is 5.73 Å². The second-order valence-electron chi connectivity index (χ2n) is 4.97. The Labute approximate surface area is 98.4 Å². The second-order valence-corrected chi connectivity index (χ2v) is 4.97. The first kappa shape index (κ1) is 11.6. The van der Waals surface area contributed by atoms with Gasteiger partial charge in [-0.25, -0.2) is 0 Å². The molecule has 1 aliphatic heterocycles. The standard InChI is InChI=1S/C14H22N2/c1-12-4-2-5-13(8-12)10-16-7-3-6-14(9-15)11-16/h2,4-5,8,14H,3,6-7,9-11,15H2,1H3. The summed E-state index contributed by atoms with van der Waals surface area (Å²) in [6.07, 6.45) is 2.61. The minimum atomic E-state index is 0.707. The van der Waals surface area contributed by atoms with Crippen molar-refractivity contribution in [3.8, 4) is 0 Å². The molecule has 16 heavy (non-hydrogen) atoms. The molecule has 1 unspecified atom stereocenters. The van der Waals surface area contributed by atoms with Crippen molar-refractivity contribution >= 4 is 0 Å². The van der Waals surface area contributed by atoms with Crippen molar-refractivity contribution in [2.45, 2.75) is 26.3 Å². The summed E-state index contributed by atoms with van der Waals surface area (Å²) in [7, 11) is 0. The highest BCUT2D eigenvalue weighted by atomic mass is 15.1. The Hall–Kier alpha value is -0.860. The lowest BCUT2D eigenvalue weighted by Crippen LogP contribution is -2.37. The number of benzene rings is 1. The van der Waals surface area contributed by atoms with Gasteiger partial charge in [0.05, 0.1) is 0 Å². The maximum atomic E-state index is 5.76. The molecule has 1 fully saturated rings. The first-order valence-corrected chi connectivity index (χ1v) is 6.26. The molecule has 0 aliphatic carbocycles. The first-order valence-electron chi connectivity index (χ1n) is 6.26. The highest BCUT2D eigenvalue weighted by Gasteiger charge is 2.18. The number of hydrogen-bond acceptors (Lipinski definition) is 2. The molecular weight excluding hydrogens is 196 g/mol. The van der Waals surface area contributed by atoms with Crippen LogP contribution in [0.15, 0.2) is 24.3 Å². The molecule has 1 heterocycles. The van der Waals surface area contributed by atoms with Crippen LogP contribution < -0.4 is 5.73 Å². The normalized spacial score (nSPS) is 22.2. The minimum absolute atomic E-state index is 0.707. The van der Waals surface area contributed by atoms with Gasteiger partial charge in [0, 0.05) is 13.1 Å². The van der Waals surface area contributed by atoms with E-state index < -0.39 is 0 Å². The molecule has 2 nitrogen and oxygen atoms in total. The van der Waals surface area contributed by atoms with Gasteiger partial charge in [0.1, 0.15) is 0 Å². The van der Waals surface area contributed by atoms with E-state index in [2.05, 4.69) is 36.1 Å². The van der Waals surface area contributed by atoms with Crippen LogP contribution in [0, 0.1) is 12.8 Å². The monoisotopic (exact) mass is 218 g/mol. The molecule has 1 aliphatic rings. The van der Waals surface area contributed by atoms with Gasteiger partial charge in [-0.1, -0.05) is 29.8 Å². The SMILES string of the molecule is Cc1cccc(CN2CCCC(CN)C2)c1. The lowest BCUT2D eigenvalue weighted by atomic mass is 9.98. The third kappa shape index (κ3) is 3.06. The predicted octanol–water partition coefficient (Wildman–Crippen LogP) is 2.17. The summed E-state index contributed by atoms with van der Waals surface area (Å²) < 4.78 is 0. The highest BCUT2D eigenvalue weighted by molar-refractivity contribution is 5.22. The zero-order valence-electron chi connectivity index (χ0n) is 10.2. The summed E-state index contributed by atoms with van der Waals surface area (Å²) in [6, 6.07) is 8.81. The summed E-state index contributed by atoms with van der Waals surface area (Å²) in [6.45, 7) is 6.47. The van der Waals surface area contributed by atoms with Crippen molar-refractivity contribution < 1.29 is 0 Å². The Morgan fingerprint density at radius 1 is 1.44 bits per heavy atom. The average Bonchev–Trinajstić information content (AvgIpc) is 2.29. The largest absolute Gasteiger partial charge is 0.330 e. The highest BCUT2D eigenvalue weighted by Crippen LogP contribution is 2.17. The van der Waals surface area contributed by atoms with Crippen LogP contribution in [0.2, 0.25) is 0 Å². The third-order valence-corrected chi connectivity index (χ3v) is 3.43. The fourth-order valence-corrected chi connectivity index (χ4v) is 2.56. The van der Waals surface area contributed by atoms with Gasteiger partial charge in [-0.3, -0.25) is 4.90 Å². The minimum Gasteiger partial charge on any atom is -0.330 e. The van der Waals surface area contributed by atoms with E-state index in [1.54, 1.807) is 0 Å². The van der Waals surface area contributed by atoms with E-state index in [-0.39, 0.29) is 0 Å².